The van der Waals surface area contributed by atoms with E-state index in [2.05, 4.69) is 15.0 Å². The summed E-state index contributed by atoms with van der Waals surface area (Å²) >= 11 is 0. The number of fused-ring (bicyclic) bond motifs is 4. The quantitative estimate of drug-likeness (QED) is 0.704. The summed E-state index contributed by atoms with van der Waals surface area (Å²) < 4.78 is 7.27. The minimum atomic E-state index is 0.122. The van der Waals surface area contributed by atoms with Gasteiger partial charge in [-0.05, 0) is 49.2 Å². The molecule has 0 aliphatic carbocycles. The summed E-state index contributed by atoms with van der Waals surface area (Å²) in [6, 6.07) is 14.0. The molecule has 0 saturated carbocycles. The predicted octanol–water partition coefficient (Wildman–Crippen LogP) is 3.11. The molecule has 0 radical (unpaired) electrons. The normalized spacial score (nSPS) is 20.1. The van der Waals surface area contributed by atoms with Crippen LogP contribution in [0.2, 0.25) is 0 Å². The van der Waals surface area contributed by atoms with Crippen molar-refractivity contribution in [1.29, 1.82) is 0 Å². The average molecular weight is 374 g/mol. The van der Waals surface area contributed by atoms with Gasteiger partial charge in [-0.25, -0.2) is 4.68 Å². The highest BCUT2D eigenvalue weighted by Crippen LogP contribution is 2.44. The van der Waals surface area contributed by atoms with Crippen LogP contribution in [0, 0.1) is 0 Å². The van der Waals surface area contributed by atoms with E-state index in [9.17, 15) is 4.79 Å². The molecule has 2 aromatic heterocycles. The van der Waals surface area contributed by atoms with Gasteiger partial charge in [-0.3, -0.25) is 9.78 Å². The van der Waals surface area contributed by atoms with Crippen molar-refractivity contribution < 1.29 is 9.53 Å². The zero-order valence-electron chi connectivity index (χ0n) is 15.8. The van der Waals surface area contributed by atoms with E-state index in [1.807, 2.05) is 53.3 Å². The van der Waals surface area contributed by atoms with Crippen LogP contribution in [0.25, 0.3) is 5.69 Å². The third kappa shape index (κ3) is 2.76. The molecule has 1 amide bonds. The Morgan fingerprint density at radius 3 is 2.79 bits per heavy atom. The molecule has 1 aromatic carbocycles. The van der Waals surface area contributed by atoms with E-state index in [0.717, 1.165) is 36.4 Å². The molecule has 5 rings (SSSR count). The SMILES string of the molecule is COc1ccc(-n2ncc3c2C[C@H]2CC[C@H]3N2C(=O)Cc2ccccn2)cc1. The summed E-state index contributed by atoms with van der Waals surface area (Å²) in [5, 5.41) is 4.65. The van der Waals surface area contributed by atoms with Crippen LogP contribution in [-0.2, 0) is 17.6 Å². The van der Waals surface area contributed by atoms with Gasteiger partial charge in [0.2, 0.25) is 5.91 Å². The first kappa shape index (κ1) is 17.0. The highest BCUT2D eigenvalue weighted by Gasteiger charge is 2.44. The second kappa shape index (κ2) is 6.78. The van der Waals surface area contributed by atoms with Gasteiger partial charge < -0.3 is 9.64 Å². The Kier molecular flexibility index (Phi) is 4.11. The fraction of sp³-hybridized carbons (Fsp3) is 0.318. The standard InChI is InChI=1S/C22H22N4O2/c1-28-18-8-5-16(6-9-18)26-21-13-17-7-10-20(19(21)14-24-26)25(17)22(27)12-15-4-2-3-11-23-15/h2-6,8-9,11,14,17,20H,7,10,12-13H2,1H3/t17-,20-/m1/s1. The number of amides is 1. The van der Waals surface area contributed by atoms with Crippen molar-refractivity contribution in [1.82, 2.24) is 19.7 Å². The van der Waals surface area contributed by atoms with E-state index >= 15 is 0 Å². The fourth-order valence-electron chi connectivity index (χ4n) is 4.55. The summed E-state index contributed by atoms with van der Waals surface area (Å²) in [6.45, 7) is 0. The number of pyridine rings is 1. The Morgan fingerprint density at radius 1 is 1.18 bits per heavy atom. The van der Waals surface area contributed by atoms with Crippen LogP contribution < -0.4 is 4.74 Å². The molecule has 1 saturated heterocycles. The number of aromatic nitrogens is 3. The zero-order valence-corrected chi connectivity index (χ0v) is 15.8. The number of rotatable bonds is 4. The van der Waals surface area contributed by atoms with Crippen LogP contribution in [0.3, 0.4) is 0 Å². The van der Waals surface area contributed by atoms with Gasteiger partial charge in [0.25, 0.3) is 0 Å². The van der Waals surface area contributed by atoms with Gasteiger partial charge in [0, 0.05) is 29.9 Å². The first-order valence-electron chi connectivity index (χ1n) is 9.67. The van der Waals surface area contributed by atoms with Gasteiger partial charge >= 0.3 is 0 Å². The molecule has 2 aliphatic heterocycles. The number of benzene rings is 1. The van der Waals surface area contributed by atoms with Crippen molar-refractivity contribution in [2.24, 2.45) is 0 Å². The molecule has 2 aliphatic rings. The lowest BCUT2D eigenvalue weighted by molar-refractivity contribution is -0.134. The van der Waals surface area contributed by atoms with Crippen molar-refractivity contribution in [2.45, 2.75) is 37.8 Å². The zero-order chi connectivity index (χ0) is 19.1. The van der Waals surface area contributed by atoms with E-state index in [-0.39, 0.29) is 18.0 Å². The van der Waals surface area contributed by atoms with Gasteiger partial charge in [0.05, 0.1) is 37.2 Å². The lowest BCUT2D eigenvalue weighted by atomic mass is 9.99. The third-order valence-electron chi connectivity index (χ3n) is 5.86. The van der Waals surface area contributed by atoms with E-state index in [4.69, 9.17) is 4.74 Å². The molecular formula is C22H22N4O2. The summed E-state index contributed by atoms with van der Waals surface area (Å²) in [7, 11) is 1.67. The number of hydrogen-bond acceptors (Lipinski definition) is 4. The van der Waals surface area contributed by atoms with Crippen LogP contribution in [-0.4, -0.2) is 38.7 Å². The second-order valence-corrected chi connectivity index (χ2v) is 7.41. The summed E-state index contributed by atoms with van der Waals surface area (Å²) in [6.07, 6.45) is 6.91. The first-order valence-corrected chi connectivity index (χ1v) is 9.67. The number of methoxy groups -OCH3 is 1. The number of carbonyl (C=O) groups is 1. The van der Waals surface area contributed by atoms with Crippen LogP contribution in [0.5, 0.6) is 5.75 Å². The molecule has 2 atom stereocenters. The molecule has 6 heteroatoms. The molecule has 2 bridgehead atoms. The van der Waals surface area contributed by atoms with Crippen LogP contribution >= 0.6 is 0 Å². The Morgan fingerprint density at radius 2 is 2.04 bits per heavy atom. The van der Waals surface area contributed by atoms with Gasteiger partial charge in [-0.15, -0.1) is 0 Å². The van der Waals surface area contributed by atoms with Crippen molar-refractivity contribution in [3.8, 4) is 11.4 Å². The first-order chi connectivity index (χ1) is 13.7. The molecule has 0 spiro atoms. The summed E-state index contributed by atoms with van der Waals surface area (Å²) in [5.41, 5.74) is 4.25. The van der Waals surface area contributed by atoms with E-state index in [0.29, 0.717) is 6.42 Å². The van der Waals surface area contributed by atoms with Crippen molar-refractivity contribution >= 4 is 5.91 Å². The Labute approximate surface area is 163 Å². The minimum Gasteiger partial charge on any atom is -0.497 e. The minimum absolute atomic E-state index is 0.122. The van der Waals surface area contributed by atoms with E-state index < -0.39 is 0 Å². The van der Waals surface area contributed by atoms with Crippen LogP contribution in [0.1, 0.15) is 35.8 Å². The van der Waals surface area contributed by atoms with Gasteiger partial charge in [-0.2, -0.15) is 5.10 Å². The topological polar surface area (TPSA) is 60.2 Å². The molecule has 142 valence electrons. The maximum Gasteiger partial charge on any atom is 0.229 e. The van der Waals surface area contributed by atoms with Crippen molar-refractivity contribution in [3.63, 3.8) is 0 Å². The molecular weight excluding hydrogens is 352 g/mol. The van der Waals surface area contributed by atoms with Crippen LogP contribution in [0.4, 0.5) is 0 Å². The average Bonchev–Trinajstić information content (AvgIpc) is 3.30. The number of ether oxygens (including phenoxy) is 1. The smallest absolute Gasteiger partial charge is 0.229 e. The second-order valence-electron chi connectivity index (χ2n) is 7.41. The molecule has 6 nitrogen and oxygen atoms in total. The number of nitrogens with zero attached hydrogens (tertiary/aromatic N) is 4. The van der Waals surface area contributed by atoms with Crippen molar-refractivity contribution in [2.75, 3.05) is 7.11 Å². The summed E-state index contributed by atoms with van der Waals surface area (Å²) in [5.74, 6) is 0.991. The molecule has 28 heavy (non-hydrogen) atoms. The Hall–Kier alpha value is -3.15. The monoisotopic (exact) mass is 374 g/mol. The maximum absolute atomic E-state index is 13.0. The van der Waals surface area contributed by atoms with E-state index in [1.54, 1.807) is 13.3 Å². The lowest BCUT2D eigenvalue weighted by Gasteiger charge is -2.35. The lowest BCUT2D eigenvalue weighted by Crippen LogP contribution is -2.43. The molecule has 0 unspecified atom stereocenters. The molecule has 1 fully saturated rings. The van der Waals surface area contributed by atoms with Gasteiger partial charge in [0.1, 0.15) is 5.75 Å². The van der Waals surface area contributed by atoms with Crippen molar-refractivity contribution in [3.05, 3.63) is 71.8 Å². The Balaban J connectivity index is 1.43. The van der Waals surface area contributed by atoms with E-state index in [1.165, 1.54) is 11.3 Å². The number of hydrogen-bond donors (Lipinski definition) is 0. The highest BCUT2D eigenvalue weighted by molar-refractivity contribution is 5.80. The molecule has 0 N–H and O–H groups in total. The van der Waals surface area contributed by atoms with Gasteiger partial charge in [0.15, 0.2) is 0 Å². The summed E-state index contributed by atoms with van der Waals surface area (Å²) in [4.78, 5) is 19.4. The molecule has 4 heterocycles. The third-order valence-corrected chi connectivity index (χ3v) is 5.86. The fourth-order valence-corrected chi connectivity index (χ4v) is 4.55. The van der Waals surface area contributed by atoms with Gasteiger partial charge in [-0.1, -0.05) is 6.07 Å². The molecule has 3 aromatic rings. The largest absolute Gasteiger partial charge is 0.497 e. The Bertz CT molecular complexity index is 997. The highest BCUT2D eigenvalue weighted by atomic mass is 16.5. The predicted molar refractivity (Wildman–Crippen MR) is 104 cm³/mol. The van der Waals surface area contributed by atoms with Crippen LogP contribution in [0.15, 0.2) is 54.9 Å². The maximum atomic E-state index is 13.0. The number of carbonyl (C=O) groups excluding carboxylic acids is 1.